The van der Waals surface area contributed by atoms with E-state index in [0.29, 0.717) is 17.1 Å². The summed E-state index contributed by atoms with van der Waals surface area (Å²) in [5.74, 6) is 1.06. The minimum absolute atomic E-state index is 0.0792. The van der Waals surface area contributed by atoms with Gasteiger partial charge in [-0.15, -0.1) is 0 Å². The standard InChI is InChI=1S/C17H20ClNO2/c1-11-7-8-17(21-3)13(9-11)12(2)19-10-14-15(18)5-4-6-16(14)20/h4-9,12,19-20H,10H2,1-3H3. The van der Waals surface area contributed by atoms with Crippen LogP contribution in [0.25, 0.3) is 0 Å². The molecule has 0 fully saturated rings. The molecule has 0 heterocycles. The molecule has 0 saturated carbocycles. The van der Waals surface area contributed by atoms with Crippen LogP contribution in [0.4, 0.5) is 0 Å². The van der Waals surface area contributed by atoms with Crippen LogP contribution < -0.4 is 10.1 Å². The third-order valence-corrected chi connectivity index (χ3v) is 3.88. The molecular weight excluding hydrogens is 286 g/mol. The number of hydrogen-bond donors (Lipinski definition) is 2. The topological polar surface area (TPSA) is 41.5 Å². The number of phenols is 1. The third kappa shape index (κ3) is 3.69. The van der Waals surface area contributed by atoms with Crippen molar-refractivity contribution in [2.24, 2.45) is 0 Å². The van der Waals surface area contributed by atoms with Gasteiger partial charge in [0, 0.05) is 28.7 Å². The average molecular weight is 306 g/mol. The highest BCUT2D eigenvalue weighted by atomic mass is 35.5. The van der Waals surface area contributed by atoms with Gasteiger partial charge in [-0.3, -0.25) is 0 Å². The van der Waals surface area contributed by atoms with Gasteiger partial charge in [0.15, 0.2) is 0 Å². The lowest BCUT2D eigenvalue weighted by molar-refractivity contribution is 0.400. The molecule has 2 N–H and O–H groups in total. The summed E-state index contributed by atoms with van der Waals surface area (Å²) in [5, 5.41) is 13.8. The SMILES string of the molecule is COc1ccc(C)cc1C(C)NCc1c(O)cccc1Cl. The maximum absolute atomic E-state index is 9.87. The van der Waals surface area contributed by atoms with E-state index in [1.54, 1.807) is 25.3 Å². The van der Waals surface area contributed by atoms with E-state index in [9.17, 15) is 5.11 Å². The zero-order chi connectivity index (χ0) is 15.4. The highest BCUT2D eigenvalue weighted by Crippen LogP contribution is 2.29. The van der Waals surface area contributed by atoms with Crippen molar-refractivity contribution in [2.75, 3.05) is 7.11 Å². The summed E-state index contributed by atoms with van der Waals surface area (Å²) in [7, 11) is 1.67. The van der Waals surface area contributed by atoms with E-state index in [-0.39, 0.29) is 11.8 Å². The molecule has 0 aliphatic carbocycles. The maximum atomic E-state index is 9.87. The molecule has 0 aliphatic heterocycles. The number of aryl methyl sites for hydroxylation is 1. The number of nitrogens with one attached hydrogen (secondary N) is 1. The van der Waals surface area contributed by atoms with E-state index in [0.717, 1.165) is 11.3 Å². The van der Waals surface area contributed by atoms with Crippen molar-refractivity contribution in [3.8, 4) is 11.5 Å². The second-order valence-corrected chi connectivity index (χ2v) is 5.49. The molecule has 0 saturated heterocycles. The van der Waals surface area contributed by atoms with E-state index in [1.807, 2.05) is 12.1 Å². The van der Waals surface area contributed by atoms with Gasteiger partial charge in [0.05, 0.1) is 7.11 Å². The Kier molecular flexibility index (Phi) is 5.10. The first kappa shape index (κ1) is 15.7. The summed E-state index contributed by atoms with van der Waals surface area (Å²) in [6, 6.07) is 11.3. The van der Waals surface area contributed by atoms with Gasteiger partial charge in [-0.25, -0.2) is 0 Å². The van der Waals surface area contributed by atoms with Crippen LogP contribution in [0.5, 0.6) is 11.5 Å². The van der Waals surface area contributed by atoms with Crippen molar-refractivity contribution in [1.29, 1.82) is 0 Å². The van der Waals surface area contributed by atoms with Crippen LogP contribution in [-0.2, 0) is 6.54 Å². The minimum Gasteiger partial charge on any atom is -0.508 e. The minimum atomic E-state index is 0.0792. The number of halogens is 1. The lowest BCUT2D eigenvalue weighted by Crippen LogP contribution is -2.19. The molecule has 3 nitrogen and oxygen atoms in total. The quantitative estimate of drug-likeness (QED) is 0.869. The smallest absolute Gasteiger partial charge is 0.123 e. The Morgan fingerprint density at radius 2 is 2.05 bits per heavy atom. The van der Waals surface area contributed by atoms with Gasteiger partial charge in [-0.05, 0) is 32.0 Å². The maximum Gasteiger partial charge on any atom is 0.123 e. The Hall–Kier alpha value is -1.71. The second kappa shape index (κ2) is 6.83. The number of benzene rings is 2. The molecule has 2 rings (SSSR count). The number of phenolic OH excluding ortho intramolecular Hbond substituents is 1. The predicted octanol–water partition coefficient (Wildman–Crippen LogP) is 4.21. The van der Waals surface area contributed by atoms with Crippen LogP contribution in [0.1, 0.15) is 29.7 Å². The van der Waals surface area contributed by atoms with Crippen molar-refractivity contribution < 1.29 is 9.84 Å². The third-order valence-electron chi connectivity index (χ3n) is 3.53. The molecule has 1 atom stereocenters. The Morgan fingerprint density at radius 3 is 2.71 bits per heavy atom. The van der Waals surface area contributed by atoms with Crippen LogP contribution in [0.3, 0.4) is 0 Å². The molecule has 2 aromatic rings. The molecule has 0 spiro atoms. The number of rotatable bonds is 5. The van der Waals surface area contributed by atoms with E-state index < -0.39 is 0 Å². The van der Waals surface area contributed by atoms with Crippen molar-refractivity contribution in [1.82, 2.24) is 5.32 Å². The van der Waals surface area contributed by atoms with Crippen LogP contribution in [0.2, 0.25) is 5.02 Å². The van der Waals surface area contributed by atoms with Gasteiger partial charge in [0.1, 0.15) is 11.5 Å². The molecule has 0 aromatic heterocycles. The molecular formula is C17H20ClNO2. The van der Waals surface area contributed by atoms with Crippen LogP contribution in [0, 0.1) is 6.92 Å². The zero-order valence-electron chi connectivity index (χ0n) is 12.5. The molecule has 2 aromatic carbocycles. The molecule has 0 amide bonds. The average Bonchev–Trinajstić information content (AvgIpc) is 2.46. The Labute approximate surface area is 130 Å². The van der Waals surface area contributed by atoms with Gasteiger partial charge >= 0.3 is 0 Å². The van der Waals surface area contributed by atoms with Crippen molar-refractivity contribution >= 4 is 11.6 Å². The summed E-state index contributed by atoms with van der Waals surface area (Å²) in [4.78, 5) is 0. The fourth-order valence-corrected chi connectivity index (χ4v) is 2.52. The monoisotopic (exact) mass is 305 g/mol. The lowest BCUT2D eigenvalue weighted by Gasteiger charge is -2.19. The summed E-state index contributed by atoms with van der Waals surface area (Å²) >= 11 is 6.12. The van der Waals surface area contributed by atoms with Crippen LogP contribution >= 0.6 is 11.6 Å². The first-order chi connectivity index (χ1) is 10.0. The van der Waals surface area contributed by atoms with E-state index in [4.69, 9.17) is 16.3 Å². The largest absolute Gasteiger partial charge is 0.508 e. The second-order valence-electron chi connectivity index (χ2n) is 5.09. The molecule has 0 bridgehead atoms. The van der Waals surface area contributed by atoms with Gasteiger partial charge in [0.2, 0.25) is 0 Å². The van der Waals surface area contributed by atoms with Crippen molar-refractivity contribution in [3.05, 3.63) is 58.1 Å². The fraction of sp³-hybridized carbons (Fsp3) is 0.294. The van der Waals surface area contributed by atoms with Gasteiger partial charge < -0.3 is 15.2 Å². The molecule has 0 aliphatic rings. The highest BCUT2D eigenvalue weighted by molar-refractivity contribution is 6.31. The molecule has 4 heteroatoms. The molecule has 112 valence electrons. The van der Waals surface area contributed by atoms with Crippen LogP contribution in [0.15, 0.2) is 36.4 Å². The van der Waals surface area contributed by atoms with Crippen LogP contribution in [-0.4, -0.2) is 12.2 Å². The Balaban J connectivity index is 2.15. The number of hydrogen-bond acceptors (Lipinski definition) is 3. The lowest BCUT2D eigenvalue weighted by atomic mass is 10.0. The summed E-state index contributed by atoms with van der Waals surface area (Å²) in [6.45, 7) is 4.60. The van der Waals surface area contributed by atoms with Gasteiger partial charge in [-0.1, -0.05) is 35.4 Å². The van der Waals surface area contributed by atoms with Gasteiger partial charge in [0.25, 0.3) is 0 Å². The highest BCUT2D eigenvalue weighted by Gasteiger charge is 2.13. The van der Waals surface area contributed by atoms with Gasteiger partial charge in [-0.2, -0.15) is 0 Å². The summed E-state index contributed by atoms with van der Waals surface area (Å²) < 4.78 is 5.41. The number of ether oxygens (including phenoxy) is 1. The number of methoxy groups -OCH3 is 1. The van der Waals surface area contributed by atoms with E-state index in [1.165, 1.54) is 5.56 Å². The number of aromatic hydroxyl groups is 1. The Bertz CT molecular complexity index is 608. The first-order valence-corrected chi connectivity index (χ1v) is 7.25. The predicted molar refractivity (Wildman–Crippen MR) is 86.1 cm³/mol. The summed E-state index contributed by atoms with van der Waals surface area (Å²) in [6.07, 6.45) is 0. The normalized spacial score (nSPS) is 12.2. The first-order valence-electron chi connectivity index (χ1n) is 6.87. The molecule has 0 radical (unpaired) electrons. The van der Waals surface area contributed by atoms with Crippen molar-refractivity contribution in [3.63, 3.8) is 0 Å². The summed E-state index contributed by atoms with van der Waals surface area (Å²) in [5.41, 5.74) is 2.97. The zero-order valence-corrected chi connectivity index (χ0v) is 13.2. The fourth-order valence-electron chi connectivity index (χ4n) is 2.28. The van der Waals surface area contributed by atoms with Crippen molar-refractivity contribution in [2.45, 2.75) is 26.4 Å². The van der Waals surface area contributed by atoms with E-state index >= 15 is 0 Å². The molecule has 21 heavy (non-hydrogen) atoms. The molecule has 1 unspecified atom stereocenters. The van der Waals surface area contributed by atoms with E-state index in [2.05, 4.69) is 25.2 Å². The Morgan fingerprint density at radius 1 is 1.29 bits per heavy atom.